The highest BCUT2D eigenvalue weighted by atomic mass is 32.2. The Balaban J connectivity index is 2.01. The van der Waals surface area contributed by atoms with E-state index in [0.29, 0.717) is 25.7 Å². The molecule has 0 spiro atoms. The van der Waals surface area contributed by atoms with E-state index in [4.69, 9.17) is 19.9 Å². The van der Waals surface area contributed by atoms with Crippen molar-refractivity contribution < 1.29 is 51.4 Å². The summed E-state index contributed by atoms with van der Waals surface area (Å²) in [6.45, 7) is 5.80. The first-order chi connectivity index (χ1) is 24.3. The zero-order valence-electron chi connectivity index (χ0n) is 30.4. The van der Waals surface area contributed by atoms with Crippen LogP contribution in [0.3, 0.4) is 0 Å². The summed E-state index contributed by atoms with van der Waals surface area (Å²) >= 11 is 0. The summed E-state index contributed by atoms with van der Waals surface area (Å²) in [6, 6.07) is 2.95. The third-order valence-electron chi connectivity index (χ3n) is 8.28. The molecule has 0 radical (unpaired) electrons. The molecule has 0 aromatic heterocycles. The molecule has 52 heavy (non-hydrogen) atoms. The summed E-state index contributed by atoms with van der Waals surface area (Å²) in [6.07, 6.45) is 2.80. The second-order valence-corrected chi connectivity index (χ2v) is 15.5. The Labute approximate surface area is 304 Å². The predicted molar refractivity (Wildman–Crippen MR) is 187 cm³/mol. The Hall–Kier alpha value is -4.87. The summed E-state index contributed by atoms with van der Waals surface area (Å²) < 4.78 is 45.4. The number of primary amides is 1. The van der Waals surface area contributed by atoms with Gasteiger partial charge in [0.25, 0.3) is 21.8 Å². The Morgan fingerprint density at radius 3 is 2.42 bits per heavy atom. The highest BCUT2D eigenvalue weighted by molar-refractivity contribution is 7.90. The van der Waals surface area contributed by atoms with Crippen molar-refractivity contribution in [1.29, 1.82) is 0 Å². The second-order valence-electron chi connectivity index (χ2n) is 13.8. The van der Waals surface area contributed by atoms with Gasteiger partial charge >= 0.3 is 12.2 Å². The molecule has 1 aromatic rings. The van der Waals surface area contributed by atoms with Gasteiger partial charge in [-0.05, 0) is 58.6 Å². The second kappa shape index (κ2) is 17.6. The fourth-order valence-electron chi connectivity index (χ4n) is 5.65. The van der Waals surface area contributed by atoms with Crippen LogP contribution in [-0.2, 0) is 38.7 Å². The van der Waals surface area contributed by atoms with Gasteiger partial charge in [0.2, 0.25) is 11.8 Å². The highest BCUT2D eigenvalue weighted by Gasteiger charge is 2.47. The summed E-state index contributed by atoms with van der Waals surface area (Å²) in [5.74, 6) is -3.63. The number of benzene rings is 1. The molecule has 17 nitrogen and oxygen atoms in total. The molecular formula is C34H50N6O11S. The number of alkyl carbamates (subject to hydrolysis) is 1. The van der Waals surface area contributed by atoms with E-state index in [0.717, 1.165) is 0 Å². The number of sulfonamides is 1. The molecule has 6 amide bonds. The maximum Gasteiger partial charge on any atom is 0.409 e. The molecule has 288 valence electrons. The molecular weight excluding hydrogens is 700 g/mol. The molecule has 2 aliphatic heterocycles. The molecule has 4 atom stereocenters. The van der Waals surface area contributed by atoms with Crippen molar-refractivity contribution in [2.75, 3.05) is 27.2 Å². The van der Waals surface area contributed by atoms with Gasteiger partial charge in [0, 0.05) is 20.5 Å². The lowest BCUT2D eigenvalue weighted by atomic mass is 9.92. The van der Waals surface area contributed by atoms with Gasteiger partial charge in [-0.2, -0.15) is 0 Å². The fraction of sp³-hybridized carbons (Fsp3) is 0.588. The number of nitrogens with one attached hydrogen (secondary N) is 3. The summed E-state index contributed by atoms with van der Waals surface area (Å²) in [5, 5.41) is 5.32. The van der Waals surface area contributed by atoms with E-state index in [1.54, 1.807) is 33.8 Å². The number of para-hydroxylation sites is 1. The summed E-state index contributed by atoms with van der Waals surface area (Å²) in [5.41, 5.74) is 2.37. The average Bonchev–Trinajstić information content (AvgIpc) is 3.47. The van der Waals surface area contributed by atoms with E-state index in [-0.39, 0.29) is 31.6 Å². The van der Waals surface area contributed by atoms with Crippen LogP contribution in [0.15, 0.2) is 41.3 Å². The molecule has 2 aliphatic rings. The number of allylic oxidation sites excluding steroid dienone is 1. The van der Waals surface area contributed by atoms with E-state index in [1.807, 2.05) is 4.72 Å². The molecule has 0 bridgehead atoms. The van der Waals surface area contributed by atoms with Crippen molar-refractivity contribution in [1.82, 2.24) is 25.2 Å². The van der Waals surface area contributed by atoms with Gasteiger partial charge in [-0.15, -0.1) is 0 Å². The van der Waals surface area contributed by atoms with Crippen LogP contribution in [0.25, 0.3) is 0 Å². The minimum Gasteiger partial charge on any atom is -0.482 e. The van der Waals surface area contributed by atoms with Crippen molar-refractivity contribution in [2.45, 2.75) is 107 Å². The number of hydrogen-bond acceptors (Lipinski definition) is 11. The molecule has 5 N–H and O–H groups in total. The topological polar surface area (TPSA) is 233 Å². The number of amides is 6. The number of carbonyl (C=O) groups excluding carboxylic acids is 6. The van der Waals surface area contributed by atoms with Crippen molar-refractivity contribution in [3.05, 3.63) is 36.4 Å². The minimum absolute atomic E-state index is 0.112. The predicted octanol–water partition coefficient (Wildman–Crippen LogP) is 1.70. The van der Waals surface area contributed by atoms with Gasteiger partial charge in [-0.25, -0.2) is 22.7 Å². The number of nitrogens with zero attached hydrogens (tertiary/aromatic N) is 2. The lowest BCUT2D eigenvalue weighted by Gasteiger charge is -2.34. The van der Waals surface area contributed by atoms with Crippen LogP contribution >= 0.6 is 0 Å². The first-order valence-electron chi connectivity index (χ1n) is 17.0. The smallest absolute Gasteiger partial charge is 0.409 e. The van der Waals surface area contributed by atoms with Crippen molar-refractivity contribution in [3.63, 3.8) is 0 Å². The number of hydrogen-bond donors (Lipinski definition) is 4. The van der Waals surface area contributed by atoms with Gasteiger partial charge in [-0.1, -0.05) is 44.1 Å². The first kappa shape index (κ1) is 41.5. The third kappa shape index (κ3) is 11.3. The molecule has 0 aliphatic carbocycles. The maximum atomic E-state index is 14.2. The Kier molecular flexibility index (Phi) is 14.0. The van der Waals surface area contributed by atoms with Crippen LogP contribution in [0.4, 0.5) is 9.59 Å². The van der Waals surface area contributed by atoms with Gasteiger partial charge in [-0.3, -0.25) is 19.2 Å². The monoisotopic (exact) mass is 750 g/mol. The number of rotatable bonds is 9. The third-order valence-corrected chi connectivity index (χ3v) is 9.65. The van der Waals surface area contributed by atoms with E-state index in [1.165, 1.54) is 54.2 Å². The van der Waals surface area contributed by atoms with E-state index in [2.05, 4.69) is 10.6 Å². The number of fused-ring (bicyclic) bond motifs is 1. The molecule has 1 saturated heterocycles. The zero-order chi connectivity index (χ0) is 38.9. The molecule has 1 aromatic carbocycles. The van der Waals surface area contributed by atoms with Gasteiger partial charge in [0.1, 0.15) is 40.0 Å². The minimum atomic E-state index is -4.64. The lowest BCUT2D eigenvalue weighted by molar-refractivity contribution is -0.141. The van der Waals surface area contributed by atoms with Gasteiger partial charge in [0.05, 0.1) is 6.54 Å². The summed E-state index contributed by atoms with van der Waals surface area (Å²) in [7, 11) is -1.69. The van der Waals surface area contributed by atoms with Gasteiger partial charge in [0.15, 0.2) is 6.61 Å². The number of nitrogens with two attached hydrogens (primary N) is 1. The van der Waals surface area contributed by atoms with Crippen LogP contribution in [-0.4, -0.2) is 111 Å². The fourth-order valence-corrected chi connectivity index (χ4v) is 6.84. The maximum absolute atomic E-state index is 14.2. The molecule has 3 rings (SSSR count). The standard InChI is InChI=1S/C34H50N6O11S/c1-7-34(30(44)38-52(47,48)26-17-13-12-16-25(26)49-21-27(35)41)18-14-10-8-9-11-15-23(36-31(45)51-33(2,3)4)29(43)40-20-22(50-32(46)39(5)6)19-24(40)28(42)37-34/h12-14,16-18,22-24H,7-11,15,19-21H2,1-6H3,(H2,35,41)(H,36,45)(H,37,42)(H,38,44)/b18-14-/t22-,23+,24+,34-/m1/s1. The van der Waals surface area contributed by atoms with Crippen molar-refractivity contribution >= 4 is 45.8 Å². The quantitative estimate of drug-likeness (QED) is 0.265. The average molecular weight is 751 g/mol. The van der Waals surface area contributed by atoms with Crippen molar-refractivity contribution in [2.24, 2.45) is 5.73 Å². The molecule has 18 heteroatoms. The van der Waals surface area contributed by atoms with Gasteiger partial charge < -0.3 is 40.4 Å². The number of ether oxygens (including phenoxy) is 3. The molecule has 2 heterocycles. The van der Waals surface area contributed by atoms with E-state index < -0.39 is 86.7 Å². The summed E-state index contributed by atoms with van der Waals surface area (Å²) in [4.78, 5) is 80.9. The van der Waals surface area contributed by atoms with Crippen LogP contribution in [0, 0.1) is 0 Å². The lowest BCUT2D eigenvalue weighted by Crippen LogP contribution is -2.62. The molecule has 0 saturated carbocycles. The first-order valence-corrected chi connectivity index (χ1v) is 18.5. The highest BCUT2D eigenvalue weighted by Crippen LogP contribution is 2.28. The van der Waals surface area contributed by atoms with Crippen molar-refractivity contribution in [3.8, 4) is 5.75 Å². The zero-order valence-corrected chi connectivity index (χ0v) is 31.2. The molecule has 0 unspecified atom stereocenters. The van der Waals surface area contributed by atoms with E-state index >= 15 is 0 Å². The number of carbonyl (C=O) groups is 6. The van der Waals surface area contributed by atoms with Crippen LogP contribution < -0.4 is 25.8 Å². The van der Waals surface area contributed by atoms with E-state index in [9.17, 15) is 37.2 Å². The Bertz CT molecular complexity index is 1640. The van der Waals surface area contributed by atoms with Crippen LogP contribution in [0.5, 0.6) is 5.75 Å². The van der Waals surface area contributed by atoms with Crippen LogP contribution in [0.1, 0.15) is 72.6 Å². The largest absolute Gasteiger partial charge is 0.482 e. The Morgan fingerprint density at radius 2 is 1.79 bits per heavy atom. The normalized spacial score (nSPS) is 23.6. The SMILES string of the molecule is CC[C@]1(C(=O)NS(=O)(=O)c2ccccc2OCC(N)=O)/C=C\CCCCC[C@H](NC(=O)OC(C)(C)C)C(=O)N2C[C@H](OC(=O)N(C)C)C[C@H]2C(=O)N1. The molecule has 1 fully saturated rings. The van der Waals surface area contributed by atoms with Crippen LogP contribution in [0.2, 0.25) is 0 Å². The Morgan fingerprint density at radius 1 is 1.10 bits per heavy atom.